The largest absolute Gasteiger partial charge is 0.355 e. The maximum Gasteiger partial charge on any atom is 0.233 e. The summed E-state index contributed by atoms with van der Waals surface area (Å²) >= 11 is 1.42. The number of rotatable bonds is 6. The van der Waals surface area contributed by atoms with Gasteiger partial charge in [-0.25, -0.2) is 0 Å². The van der Waals surface area contributed by atoms with Crippen LogP contribution in [0.2, 0.25) is 0 Å². The van der Waals surface area contributed by atoms with Crippen LogP contribution < -0.4 is 5.32 Å². The van der Waals surface area contributed by atoms with E-state index in [-0.39, 0.29) is 11.2 Å². The Balaban J connectivity index is 2.05. The molecule has 1 aromatic heterocycles. The van der Waals surface area contributed by atoms with Gasteiger partial charge >= 0.3 is 0 Å². The van der Waals surface area contributed by atoms with Gasteiger partial charge in [-0.15, -0.1) is 10.2 Å². The van der Waals surface area contributed by atoms with Gasteiger partial charge in [0.25, 0.3) is 0 Å². The third-order valence-electron chi connectivity index (χ3n) is 3.20. The van der Waals surface area contributed by atoms with Gasteiger partial charge in [0.2, 0.25) is 5.91 Å². The van der Waals surface area contributed by atoms with Crippen LogP contribution >= 0.6 is 11.8 Å². The van der Waals surface area contributed by atoms with Crippen LogP contribution in [0.3, 0.4) is 0 Å². The summed E-state index contributed by atoms with van der Waals surface area (Å²) in [5.74, 6) is 1.28. The molecule has 0 fully saturated rings. The van der Waals surface area contributed by atoms with Gasteiger partial charge in [0.1, 0.15) is 0 Å². The molecule has 0 radical (unpaired) electrons. The maximum absolute atomic E-state index is 12.1. The van der Waals surface area contributed by atoms with Crippen LogP contribution in [-0.2, 0) is 11.8 Å². The number of thioether (sulfide) groups is 1. The van der Waals surface area contributed by atoms with E-state index in [2.05, 4.69) is 29.4 Å². The highest BCUT2D eigenvalue weighted by molar-refractivity contribution is 8.00. The lowest BCUT2D eigenvalue weighted by Crippen LogP contribution is -2.33. The first-order chi connectivity index (χ1) is 10.5. The molecule has 0 bridgehead atoms. The Hall–Kier alpha value is -1.82. The molecule has 0 saturated carbocycles. The number of nitrogens with one attached hydrogen (secondary N) is 1. The summed E-state index contributed by atoms with van der Waals surface area (Å²) in [6.07, 6.45) is 0. The highest BCUT2D eigenvalue weighted by Gasteiger charge is 2.19. The first kappa shape index (κ1) is 16.5. The zero-order valence-electron chi connectivity index (χ0n) is 13.4. The standard InChI is InChI=1S/C16H22N4OS/c1-11(2)10-17-15(21)12(3)22-16-19-18-14(20(16)4)13-8-6-5-7-9-13/h5-9,11-12H,10H2,1-4H3,(H,17,21). The van der Waals surface area contributed by atoms with E-state index in [9.17, 15) is 4.79 Å². The molecule has 0 spiro atoms. The molecular formula is C16H22N4OS. The van der Waals surface area contributed by atoms with Gasteiger partial charge in [-0.1, -0.05) is 55.9 Å². The first-order valence-electron chi connectivity index (χ1n) is 7.38. The Morgan fingerprint density at radius 3 is 2.55 bits per heavy atom. The maximum atomic E-state index is 12.1. The summed E-state index contributed by atoms with van der Waals surface area (Å²) in [5, 5.41) is 11.9. The van der Waals surface area contributed by atoms with E-state index in [4.69, 9.17) is 0 Å². The Morgan fingerprint density at radius 2 is 1.91 bits per heavy atom. The molecule has 5 nitrogen and oxygen atoms in total. The molecule has 2 rings (SSSR count). The monoisotopic (exact) mass is 318 g/mol. The van der Waals surface area contributed by atoms with Crippen molar-refractivity contribution in [3.8, 4) is 11.4 Å². The van der Waals surface area contributed by atoms with Crippen LogP contribution in [0.15, 0.2) is 35.5 Å². The summed E-state index contributed by atoms with van der Waals surface area (Å²) in [7, 11) is 1.92. The van der Waals surface area contributed by atoms with Crippen molar-refractivity contribution in [1.82, 2.24) is 20.1 Å². The number of aromatic nitrogens is 3. The van der Waals surface area contributed by atoms with Gasteiger partial charge in [0, 0.05) is 19.2 Å². The topological polar surface area (TPSA) is 59.8 Å². The minimum absolute atomic E-state index is 0.0305. The fraction of sp³-hybridized carbons (Fsp3) is 0.438. The molecule has 0 saturated heterocycles. The Bertz CT molecular complexity index is 624. The fourth-order valence-corrected chi connectivity index (χ4v) is 2.76. The molecule has 1 atom stereocenters. The summed E-state index contributed by atoms with van der Waals surface area (Å²) in [5.41, 5.74) is 1.02. The lowest BCUT2D eigenvalue weighted by atomic mass is 10.2. The second-order valence-corrected chi connectivity index (χ2v) is 6.94. The van der Waals surface area contributed by atoms with E-state index in [1.165, 1.54) is 11.8 Å². The van der Waals surface area contributed by atoms with Crippen LogP contribution in [0.4, 0.5) is 0 Å². The Labute approximate surface area is 135 Å². The molecule has 1 aromatic carbocycles. The number of nitrogens with zero attached hydrogens (tertiary/aromatic N) is 3. The molecule has 1 unspecified atom stereocenters. The van der Waals surface area contributed by atoms with Crippen LogP contribution in [0.25, 0.3) is 11.4 Å². The minimum Gasteiger partial charge on any atom is -0.355 e. The minimum atomic E-state index is -0.203. The Kier molecular flexibility index (Phi) is 5.60. The molecule has 2 aromatic rings. The molecule has 22 heavy (non-hydrogen) atoms. The average Bonchev–Trinajstić information content (AvgIpc) is 2.86. The van der Waals surface area contributed by atoms with Crippen molar-refractivity contribution in [2.75, 3.05) is 6.54 Å². The molecule has 6 heteroatoms. The van der Waals surface area contributed by atoms with Crippen LogP contribution in [0, 0.1) is 5.92 Å². The summed E-state index contributed by atoms with van der Waals surface area (Å²) < 4.78 is 1.92. The molecule has 1 amide bonds. The van der Waals surface area contributed by atoms with Crippen LogP contribution in [0.5, 0.6) is 0 Å². The second kappa shape index (κ2) is 7.45. The van der Waals surface area contributed by atoms with E-state index < -0.39 is 0 Å². The van der Waals surface area contributed by atoms with Crippen molar-refractivity contribution in [3.63, 3.8) is 0 Å². The molecule has 1 heterocycles. The molecule has 1 N–H and O–H groups in total. The van der Waals surface area contributed by atoms with Crippen molar-refractivity contribution in [1.29, 1.82) is 0 Å². The third-order valence-corrected chi connectivity index (χ3v) is 4.34. The highest BCUT2D eigenvalue weighted by atomic mass is 32.2. The summed E-state index contributed by atoms with van der Waals surface area (Å²) in [6.45, 7) is 6.73. The molecule has 0 aliphatic rings. The SMILES string of the molecule is CC(C)CNC(=O)C(C)Sc1nnc(-c2ccccc2)n1C. The van der Waals surface area contributed by atoms with Crippen molar-refractivity contribution in [2.45, 2.75) is 31.2 Å². The second-order valence-electron chi connectivity index (χ2n) is 5.63. The fourth-order valence-electron chi connectivity index (χ4n) is 1.92. The number of amides is 1. The van der Waals surface area contributed by atoms with Gasteiger partial charge in [-0.2, -0.15) is 0 Å². The number of carbonyl (C=O) groups is 1. The number of hydrogen-bond donors (Lipinski definition) is 1. The first-order valence-corrected chi connectivity index (χ1v) is 8.26. The number of benzene rings is 1. The van der Waals surface area contributed by atoms with Crippen molar-refractivity contribution in [3.05, 3.63) is 30.3 Å². The Morgan fingerprint density at radius 1 is 1.23 bits per heavy atom. The van der Waals surface area contributed by atoms with Crippen LogP contribution in [0.1, 0.15) is 20.8 Å². The van der Waals surface area contributed by atoms with Gasteiger partial charge < -0.3 is 9.88 Å². The smallest absolute Gasteiger partial charge is 0.233 e. The zero-order chi connectivity index (χ0) is 16.1. The molecular weight excluding hydrogens is 296 g/mol. The number of hydrogen-bond acceptors (Lipinski definition) is 4. The molecule has 0 aliphatic heterocycles. The van der Waals surface area contributed by atoms with Crippen molar-refractivity contribution < 1.29 is 4.79 Å². The van der Waals surface area contributed by atoms with E-state index in [1.54, 1.807) is 0 Å². The lowest BCUT2D eigenvalue weighted by molar-refractivity contribution is -0.120. The van der Waals surface area contributed by atoms with Crippen LogP contribution in [-0.4, -0.2) is 32.5 Å². The van der Waals surface area contributed by atoms with Crippen molar-refractivity contribution >= 4 is 17.7 Å². The highest BCUT2D eigenvalue weighted by Crippen LogP contribution is 2.25. The number of carbonyl (C=O) groups excluding carboxylic acids is 1. The van der Waals surface area contributed by atoms with Crippen molar-refractivity contribution in [2.24, 2.45) is 13.0 Å². The van der Waals surface area contributed by atoms with E-state index in [1.807, 2.05) is 48.9 Å². The van der Waals surface area contributed by atoms with Gasteiger partial charge in [-0.3, -0.25) is 4.79 Å². The quantitative estimate of drug-likeness (QED) is 0.832. The van der Waals surface area contributed by atoms with Gasteiger partial charge in [0.05, 0.1) is 5.25 Å². The van der Waals surface area contributed by atoms with E-state index >= 15 is 0 Å². The van der Waals surface area contributed by atoms with Gasteiger partial charge in [0.15, 0.2) is 11.0 Å². The van der Waals surface area contributed by atoms with Gasteiger partial charge in [-0.05, 0) is 12.8 Å². The predicted molar refractivity (Wildman–Crippen MR) is 89.6 cm³/mol. The summed E-state index contributed by atoms with van der Waals surface area (Å²) in [6, 6.07) is 9.91. The molecule has 118 valence electrons. The van der Waals surface area contributed by atoms with E-state index in [0.717, 1.165) is 16.5 Å². The average molecular weight is 318 g/mol. The predicted octanol–water partition coefficient (Wildman–Crippen LogP) is 2.73. The normalized spacial score (nSPS) is 12.4. The molecule has 0 aliphatic carbocycles. The zero-order valence-corrected chi connectivity index (χ0v) is 14.2. The lowest BCUT2D eigenvalue weighted by Gasteiger charge is -2.12. The third kappa shape index (κ3) is 4.10. The van der Waals surface area contributed by atoms with E-state index in [0.29, 0.717) is 12.5 Å². The summed E-state index contributed by atoms with van der Waals surface area (Å²) in [4.78, 5) is 12.1.